The van der Waals surface area contributed by atoms with Gasteiger partial charge in [-0.2, -0.15) is 0 Å². The molecule has 0 aromatic heterocycles. The number of piperidine rings is 1. The molecule has 4 N–H and O–H groups in total. The first kappa shape index (κ1) is 13.0. The third-order valence-corrected chi connectivity index (χ3v) is 3.03. The lowest BCUT2D eigenvalue weighted by molar-refractivity contribution is -0.142. The van der Waals surface area contributed by atoms with Gasteiger partial charge in [-0.15, -0.1) is 0 Å². The second-order valence-electron chi connectivity index (χ2n) is 4.34. The van der Waals surface area contributed by atoms with Crippen molar-refractivity contribution in [2.24, 2.45) is 11.5 Å². The lowest BCUT2D eigenvalue weighted by Gasteiger charge is -2.35. The fourth-order valence-corrected chi connectivity index (χ4v) is 2.14. The molecule has 92 valence electrons. The van der Waals surface area contributed by atoms with Crippen LogP contribution < -0.4 is 11.5 Å². The van der Waals surface area contributed by atoms with Crippen LogP contribution in [0.25, 0.3) is 0 Å². The molecule has 5 nitrogen and oxygen atoms in total. The summed E-state index contributed by atoms with van der Waals surface area (Å²) in [6, 6.07) is -0.950. The van der Waals surface area contributed by atoms with Crippen LogP contribution >= 0.6 is 0 Å². The first-order valence-electron chi connectivity index (χ1n) is 5.93. The number of amides is 2. The van der Waals surface area contributed by atoms with Gasteiger partial charge in [-0.3, -0.25) is 9.59 Å². The summed E-state index contributed by atoms with van der Waals surface area (Å²) in [4.78, 5) is 24.8. The molecule has 0 bridgehead atoms. The third kappa shape index (κ3) is 2.95. The normalized spacial score (nSPS) is 22.9. The molecule has 1 aliphatic rings. The molecule has 2 atom stereocenters. The molecule has 0 aromatic carbocycles. The largest absolute Gasteiger partial charge is 0.368 e. The van der Waals surface area contributed by atoms with Crippen molar-refractivity contribution in [3.8, 4) is 0 Å². The van der Waals surface area contributed by atoms with E-state index < -0.39 is 18.0 Å². The van der Waals surface area contributed by atoms with E-state index >= 15 is 0 Å². The van der Waals surface area contributed by atoms with Crippen LogP contribution in [-0.2, 0) is 9.59 Å². The fourth-order valence-electron chi connectivity index (χ4n) is 2.14. The van der Waals surface area contributed by atoms with Gasteiger partial charge in [-0.25, -0.2) is 0 Å². The zero-order valence-electron chi connectivity index (χ0n) is 9.82. The first-order chi connectivity index (χ1) is 7.57. The molecule has 0 spiro atoms. The molecular weight excluding hydrogens is 206 g/mol. The van der Waals surface area contributed by atoms with E-state index in [1.54, 1.807) is 4.90 Å². The minimum absolute atomic E-state index is 0.134. The van der Waals surface area contributed by atoms with Gasteiger partial charge in [0.1, 0.15) is 6.04 Å². The van der Waals surface area contributed by atoms with Crippen LogP contribution in [0.1, 0.15) is 39.0 Å². The number of likely N-dealkylation sites (tertiary alicyclic amines) is 1. The van der Waals surface area contributed by atoms with E-state index in [0.717, 1.165) is 19.3 Å². The summed E-state index contributed by atoms with van der Waals surface area (Å²) < 4.78 is 0. The molecule has 1 heterocycles. The van der Waals surface area contributed by atoms with Crippen molar-refractivity contribution in [1.29, 1.82) is 0 Å². The number of hydrogen-bond acceptors (Lipinski definition) is 3. The van der Waals surface area contributed by atoms with Crippen molar-refractivity contribution in [2.75, 3.05) is 6.54 Å². The Labute approximate surface area is 96.1 Å². The monoisotopic (exact) mass is 227 g/mol. The summed E-state index contributed by atoms with van der Waals surface area (Å²) in [5.41, 5.74) is 11.1. The van der Waals surface area contributed by atoms with Gasteiger partial charge in [-0.05, 0) is 25.7 Å². The number of primary amides is 1. The lowest BCUT2D eigenvalue weighted by atomic mass is 10.00. The average molecular weight is 227 g/mol. The molecule has 0 saturated carbocycles. The van der Waals surface area contributed by atoms with Crippen LogP contribution in [0.15, 0.2) is 0 Å². The molecule has 0 radical (unpaired) electrons. The minimum Gasteiger partial charge on any atom is -0.368 e. The highest BCUT2D eigenvalue weighted by Gasteiger charge is 2.32. The average Bonchev–Trinajstić information content (AvgIpc) is 2.28. The predicted octanol–water partition coefficient (Wildman–Crippen LogP) is -0.0198. The fraction of sp³-hybridized carbons (Fsp3) is 0.818. The second kappa shape index (κ2) is 5.84. The topological polar surface area (TPSA) is 89.4 Å². The summed E-state index contributed by atoms with van der Waals surface area (Å²) >= 11 is 0. The standard InChI is InChI=1S/C11H21N3O2/c1-2-5-8(12)11(16)14-7-4-3-6-9(14)10(13)15/h8-9H,2-7,12H2,1H3,(H2,13,15)/t8-,9?/m0/s1. The van der Waals surface area contributed by atoms with Gasteiger partial charge in [0.25, 0.3) is 0 Å². The Morgan fingerprint density at radius 2 is 2.12 bits per heavy atom. The van der Waals surface area contributed by atoms with E-state index in [2.05, 4.69) is 0 Å². The van der Waals surface area contributed by atoms with Crippen molar-refractivity contribution < 1.29 is 9.59 Å². The summed E-state index contributed by atoms with van der Waals surface area (Å²) in [6.07, 6.45) is 4.05. The summed E-state index contributed by atoms with van der Waals surface area (Å²) in [5, 5.41) is 0. The van der Waals surface area contributed by atoms with Crippen LogP contribution in [0, 0.1) is 0 Å². The van der Waals surface area contributed by atoms with Crippen molar-refractivity contribution >= 4 is 11.8 Å². The molecular formula is C11H21N3O2. The number of hydrogen-bond donors (Lipinski definition) is 2. The Morgan fingerprint density at radius 1 is 1.44 bits per heavy atom. The van der Waals surface area contributed by atoms with Gasteiger partial charge in [0, 0.05) is 6.54 Å². The third-order valence-electron chi connectivity index (χ3n) is 3.03. The van der Waals surface area contributed by atoms with Crippen LogP contribution in [0.5, 0.6) is 0 Å². The van der Waals surface area contributed by atoms with Crippen molar-refractivity contribution in [3.05, 3.63) is 0 Å². The van der Waals surface area contributed by atoms with E-state index in [1.807, 2.05) is 6.92 Å². The van der Waals surface area contributed by atoms with Crippen LogP contribution in [0.3, 0.4) is 0 Å². The predicted molar refractivity (Wildman–Crippen MR) is 61.4 cm³/mol. The van der Waals surface area contributed by atoms with Gasteiger partial charge in [0.2, 0.25) is 11.8 Å². The molecule has 0 aromatic rings. The molecule has 1 fully saturated rings. The highest BCUT2D eigenvalue weighted by molar-refractivity contribution is 5.89. The van der Waals surface area contributed by atoms with E-state index in [-0.39, 0.29) is 5.91 Å². The Bertz CT molecular complexity index is 268. The van der Waals surface area contributed by atoms with Gasteiger partial charge >= 0.3 is 0 Å². The quantitative estimate of drug-likeness (QED) is 0.707. The molecule has 1 aliphatic heterocycles. The second-order valence-corrected chi connectivity index (χ2v) is 4.34. The Hall–Kier alpha value is -1.10. The number of carbonyl (C=O) groups excluding carboxylic acids is 2. The Kier molecular flexibility index (Phi) is 4.73. The highest BCUT2D eigenvalue weighted by atomic mass is 16.2. The maximum absolute atomic E-state index is 12.0. The van der Waals surface area contributed by atoms with Gasteiger partial charge in [0.05, 0.1) is 6.04 Å². The molecule has 0 aliphatic carbocycles. The molecule has 5 heteroatoms. The van der Waals surface area contributed by atoms with Gasteiger partial charge in [-0.1, -0.05) is 13.3 Å². The molecule has 1 rings (SSSR count). The number of nitrogens with two attached hydrogens (primary N) is 2. The summed E-state index contributed by atoms with van der Waals surface area (Å²) in [6.45, 7) is 2.58. The number of nitrogens with zero attached hydrogens (tertiary/aromatic N) is 1. The maximum atomic E-state index is 12.0. The molecule has 1 unspecified atom stereocenters. The minimum atomic E-state index is -0.495. The van der Waals surface area contributed by atoms with Crippen molar-refractivity contribution in [2.45, 2.75) is 51.1 Å². The summed E-state index contributed by atoms with van der Waals surface area (Å²) in [7, 11) is 0. The Morgan fingerprint density at radius 3 is 2.69 bits per heavy atom. The van der Waals surface area contributed by atoms with Gasteiger partial charge in [0.15, 0.2) is 0 Å². The number of carbonyl (C=O) groups is 2. The lowest BCUT2D eigenvalue weighted by Crippen LogP contribution is -2.55. The zero-order chi connectivity index (χ0) is 12.1. The van der Waals surface area contributed by atoms with Crippen molar-refractivity contribution in [3.63, 3.8) is 0 Å². The maximum Gasteiger partial charge on any atom is 0.240 e. The molecule has 16 heavy (non-hydrogen) atoms. The van der Waals surface area contributed by atoms with Gasteiger partial charge < -0.3 is 16.4 Å². The Balaban J connectivity index is 2.67. The van der Waals surface area contributed by atoms with Crippen LogP contribution in [0.4, 0.5) is 0 Å². The zero-order valence-corrected chi connectivity index (χ0v) is 9.82. The van der Waals surface area contributed by atoms with Crippen molar-refractivity contribution in [1.82, 2.24) is 4.90 Å². The van der Waals surface area contributed by atoms with Crippen LogP contribution in [-0.4, -0.2) is 35.3 Å². The first-order valence-corrected chi connectivity index (χ1v) is 5.93. The smallest absolute Gasteiger partial charge is 0.240 e. The van der Waals surface area contributed by atoms with E-state index in [9.17, 15) is 9.59 Å². The van der Waals surface area contributed by atoms with Crippen LogP contribution in [0.2, 0.25) is 0 Å². The SMILES string of the molecule is CCC[C@H](N)C(=O)N1CCCCC1C(N)=O. The van der Waals surface area contributed by atoms with E-state index in [0.29, 0.717) is 19.4 Å². The molecule has 1 saturated heterocycles. The van der Waals surface area contributed by atoms with E-state index in [4.69, 9.17) is 11.5 Å². The molecule has 2 amide bonds. The van der Waals surface area contributed by atoms with E-state index in [1.165, 1.54) is 0 Å². The number of rotatable bonds is 4. The summed E-state index contributed by atoms with van der Waals surface area (Å²) in [5.74, 6) is -0.554. The highest BCUT2D eigenvalue weighted by Crippen LogP contribution is 2.18.